The summed E-state index contributed by atoms with van der Waals surface area (Å²) in [5.41, 5.74) is 1.05. The van der Waals surface area contributed by atoms with Crippen LogP contribution >= 0.6 is 0 Å². The van der Waals surface area contributed by atoms with Gasteiger partial charge >= 0.3 is 6.03 Å². The third kappa shape index (κ3) is 2.99. The monoisotopic (exact) mass is 302 g/mol. The SMILES string of the molecule is CCC(=O)CC1CCC2CN1C(=O)N2OCc1ccccc1. The lowest BCUT2D eigenvalue weighted by molar-refractivity contribution is -0.140. The number of carbonyl (C=O) groups excluding carboxylic acids is 2. The van der Waals surface area contributed by atoms with Gasteiger partial charge in [0.2, 0.25) is 0 Å². The molecule has 118 valence electrons. The maximum Gasteiger partial charge on any atom is 0.344 e. The van der Waals surface area contributed by atoms with Gasteiger partial charge in [-0.1, -0.05) is 37.3 Å². The molecular formula is C17H22N2O3. The second-order valence-electron chi connectivity index (χ2n) is 6.00. The van der Waals surface area contributed by atoms with E-state index in [4.69, 9.17) is 4.84 Å². The van der Waals surface area contributed by atoms with E-state index >= 15 is 0 Å². The Hall–Kier alpha value is -1.88. The number of rotatable bonds is 6. The number of Topliss-reactive ketones (excluding diaryl/α,β-unsaturated/α-hetero) is 1. The van der Waals surface area contributed by atoms with E-state index in [1.54, 1.807) is 0 Å². The lowest BCUT2D eigenvalue weighted by atomic mass is 9.96. The molecule has 2 fully saturated rings. The molecule has 22 heavy (non-hydrogen) atoms. The van der Waals surface area contributed by atoms with E-state index in [1.807, 2.05) is 42.2 Å². The molecule has 0 spiro atoms. The molecule has 3 rings (SSSR count). The van der Waals surface area contributed by atoms with Crippen LogP contribution in [0.2, 0.25) is 0 Å². The summed E-state index contributed by atoms with van der Waals surface area (Å²) in [6.07, 6.45) is 2.80. The molecule has 5 heteroatoms. The average Bonchev–Trinajstić information content (AvgIpc) is 2.81. The van der Waals surface area contributed by atoms with Crippen LogP contribution in [0.1, 0.15) is 38.2 Å². The first-order valence-electron chi connectivity index (χ1n) is 7.97. The summed E-state index contributed by atoms with van der Waals surface area (Å²) in [6, 6.07) is 9.90. The summed E-state index contributed by atoms with van der Waals surface area (Å²) >= 11 is 0. The normalized spacial score (nSPS) is 24.0. The minimum absolute atomic E-state index is 0.0431. The molecule has 2 aliphatic rings. The fourth-order valence-corrected chi connectivity index (χ4v) is 3.21. The number of carbonyl (C=O) groups is 2. The van der Waals surface area contributed by atoms with Gasteiger partial charge in [-0.2, -0.15) is 5.06 Å². The molecule has 2 heterocycles. The van der Waals surface area contributed by atoms with Gasteiger partial charge in [-0.05, 0) is 18.4 Å². The van der Waals surface area contributed by atoms with Crippen molar-refractivity contribution in [1.82, 2.24) is 9.96 Å². The van der Waals surface area contributed by atoms with E-state index in [-0.39, 0.29) is 23.9 Å². The largest absolute Gasteiger partial charge is 0.344 e. The van der Waals surface area contributed by atoms with Gasteiger partial charge in [-0.3, -0.25) is 9.63 Å². The molecule has 0 saturated carbocycles. The van der Waals surface area contributed by atoms with Crippen LogP contribution in [0.25, 0.3) is 0 Å². The van der Waals surface area contributed by atoms with Crippen molar-refractivity contribution in [2.45, 2.75) is 51.3 Å². The molecular weight excluding hydrogens is 280 g/mol. The summed E-state index contributed by atoms with van der Waals surface area (Å²) in [5.74, 6) is 0.222. The Morgan fingerprint density at radius 1 is 1.27 bits per heavy atom. The first kappa shape index (κ1) is 15.0. The Kier molecular flexibility index (Phi) is 4.43. The molecule has 2 unspecified atom stereocenters. The number of ketones is 1. The zero-order valence-corrected chi connectivity index (χ0v) is 12.9. The van der Waals surface area contributed by atoms with Gasteiger partial charge in [-0.15, -0.1) is 0 Å². The third-order valence-electron chi connectivity index (χ3n) is 4.52. The fraction of sp³-hybridized carbons (Fsp3) is 0.529. The minimum Gasteiger partial charge on any atom is -0.317 e. The maximum atomic E-state index is 12.5. The van der Waals surface area contributed by atoms with E-state index in [0.29, 0.717) is 26.0 Å². The molecule has 0 N–H and O–H groups in total. The summed E-state index contributed by atoms with van der Waals surface area (Å²) in [6.45, 7) is 2.94. The summed E-state index contributed by atoms with van der Waals surface area (Å²) < 4.78 is 0. The van der Waals surface area contributed by atoms with Gasteiger partial charge in [0.05, 0.1) is 6.04 Å². The number of hydroxylamine groups is 2. The van der Waals surface area contributed by atoms with E-state index in [2.05, 4.69) is 0 Å². The van der Waals surface area contributed by atoms with Gasteiger partial charge in [0.15, 0.2) is 0 Å². The number of urea groups is 1. The van der Waals surface area contributed by atoms with Gasteiger partial charge in [0.25, 0.3) is 0 Å². The number of amides is 2. The Bertz CT molecular complexity index is 546. The van der Waals surface area contributed by atoms with Gasteiger partial charge < -0.3 is 4.90 Å². The number of nitrogens with zero attached hydrogens (tertiary/aromatic N) is 2. The highest BCUT2D eigenvalue weighted by Gasteiger charge is 2.45. The number of fused-ring (bicyclic) bond motifs is 2. The predicted octanol–water partition coefficient (Wildman–Crippen LogP) is 2.76. The number of benzene rings is 1. The van der Waals surface area contributed by atoms with Crippen LogP contribution in [0.15, 0.2) is 30.3 Å². The first-order chi connectivity index (χ1) is 10.7. The van der Waals surface area contributed by atoms with Crippen molar-refractivity contribution < 1.29 is 14.4 Å². The number of piperidine rings is 1. The Morgan fingerprint density at radius 3 is 2.77 bits per heavy atom. The quantitative estimate of drug-likeness (QED) is 0.812. The molecule has 5 nitrogen and oxygen atoms in total. The molecule has 1 aromatic rings. The van der Waals surface area contributed by atoms with E-state index in [0.717, 1.165) is 18.4 Å². The predicted molar refractivity (Wildman–Crippen MR) is 81.9 cm³/mol. The van der Waals surface area contributed by atoms with E-state index in [1.165, 1.54) is 5.06 Å². The smallest absolute Gasteiger partial charge is 0.317 e. The van der Waals surface area contributed by atoms with Crippen molar-refractivity contribution in [3.63, 3.8) is 0 Å². The zero-order chi connectivity index (χ0) is 15.5. The van der Waals surface area contributed by atoms with Gasteiger partial charge in [0.1, 0.15) is 12.4 Å². The van der Waals surface area contributed by atoms with Crippen molar-refractivity contribution >= 4 is 11.8 Å². The lowest BCUT2D eigenvalue weighted by Crippen LogP contribution is -2.41. The van der Waals surface area contributed by atoms with Crippen LogP contribution in [0.3, 0.4) is 0 Å². The third-order valence-corrected chi connectivity index (χ3v) is 4.52. The first-order valence-corrected chi connectivity index (χ1v) is 7.97. The second-order valence-corrected chi connectivity index (χ2v) is 6.00. The second kappa shape index (κ2) is 6.48. The standard InChI is InChI=1S/C17H22N2O3/c1-2-16(20)10-14-8-9-15-11-18(14)17(21)19(15)22-12-13-6-4-3-5-7-13/h3-7,14-15H,2,8-12H2,1H3. The van der Waals surface area contributed by atoms with E-state index < -0.39 is 0 Å². The van der Waals surface area contributed by atoms with Crippen molar-refractivity contribution in [3.05, 3.63) is 35.9 Å². The molecule has 0 aliphatic carbocycles. The van der Waals surface area contributed by atoms with Crippen molar-refractivity contribution in [1.29, 1.82) is 0 Å². The summed E-state index contributed by atoms with van der Waals surface area (Å²) in [5, 5.41) is 1.52. The van der Waals surface area contributed by atoms with Crippen LogP contribution in [-0.4, -0.2) is 40.4 Å². The van der Waals surface area contributed by atoms with Crippen molar-refractivity contribution in [2.75, 3.05) is 6.54 Å². The highest BCUT2D eigenvalue weighted by molar-refractivity contribution is 5.81. The van der Waals surface area contributed by atoms with Crippen LogP contribution in [0, 0.1) is 0 Å². The van der Waals surface area contributed by atoms with Crippen LogP contribution in [0.4, 0.5) is 4.79 Å². The van der Waals surface area contributed by atoms with E-state index in [9.17, 15) is 9.59 Å². The molecule has 1 aromatic carbocycles. The van der Waals surface area contributed by atoms with Gasteiger partial charge in [-0.25, -0.2) is 4.79 Å². The number of hydrogen-bond donors (Lipinski definition) is 0. The molecule has 2 bridgehead atoms. The fourth-order valence-electron chi connectivity index (χ4n) is 3.21. The molecule has 2 atom stereocenters. The van der Waals surface area contributed by atoms with Crippen molar-refractivity contribution in [3.8, 4) is 0 Å². The highest BCUT2D eigenvalue weighted by Crippen LogP contribution is 2.32. The summed E-state index contributed by atoms with van der Waals surface area (Å²) in [7, 11) is 0. The minimum atomic E-state index is -0.0904. The van der Waals surface area contributed by atoms with Gasteiger partial charge in [0, 0.05) is 25.4 Å². The topological polar surface area (TPSA) is 49.9 Å². The van der Waals surface area contributed by atoms with Crippen LogP contribution in [-0.2, 0) is 16.2 Å². The zero-order valence-electron chi connectivity index (χ0n) is 12.9. The Labute approximate surface area is 130 Å². The molecule has 2 saturated heterocycles. The highest BCUT2D eigenvalue weighted by atomic mass is 16.7. The number of hydrogen-bond acceptors (Lipinski definition) is 3. The lowest BCUT2D eigenvalue weighted by Gasteiger charge is -2.29. The molecule has 0 aromatic heterocycles. The Balaban J connectivity index is 1.61. The van der Waals surface area contributed by atoms with Crippen LogP contribution in [0.5, 0.6) is 0 Å². The molecule has 2 aliphatic heterocycles. The Morgan fingerprint density at radius 2 is 2.05 bits per heavy atom. The van der Waals surface area contributed by atoms with Crippen molar-refractivity contribution in [2.24, 2.45) is 0 Å². The molecule has 2 amide bonds. The van der Waals surface area contributed by atoms with Crippen LogP contribution < -0.4 is 0 Å². The summed E-state index contributed by atoms with van der Waals surface area (Å²) in [4.78, 5) is 31.7. The molecule has 0 radical (unpaired) electrons. The average molecular weight is 302 g/mol. The maximum absolute atomic E-state index is 12.5.